The van der Waals surface area contributed by atoms with E-state index in [0.29, 0.717) is 18.8 Å². The lowest BCUT2D eigenvalue weighted by molar-refractivity contribution is -0.384. The van der Waals surface area contributed by atoms with Crippen LogP contribution in [0.4, 0.5) is 5.69 Å². The summed E-state index contributed by atoms with van der Waals surface area (Å²) in [6.45, 7) is 2.43. The molecule has 104 valence electrons. The molecular formula is C14H14N2O4. The van der Waals surface area contributed by atoms with Crippen LogP contribution < -0.4 is 0 Å². The van der Waals surface area contributed by atoms with E-state index in [0.717, 1.165) is 5.56 Å². The predicted octanol–water partition coefficient (Wildman–Crippen LogP) is 2.62. The van der Waals surface area contributed by atoms with Crippen LogP contribution in [0.1, 0.15) is 23.0 Å². The standard InChI is InChI=1S/C14H14N2O4/c1-2-20-14(17)13-7-4-8-15(13)10-11-5-3-6-12(9-11)16(18)19/h3-9H,2,10H2,1H3. The van der Waals surface area contributed by atoms with Gasteiger partial charge in [-0.25, -0.2) is 4.79 Å². The van der Waals surface area contributed by atoms with Gasteiger partial charge in [0, 0.05) is 24.9 Å². The molecule has 0 saturated heterocycles. The Bertz CT molecular complexity index is 634. The molecule has 0 spiro atoms. The van der Waals surface area contributed by atoms with E-state index in [4.69, 9.17) is 4.74 Å². The second-order valence-electron chi connectivity index (χ2n) is 4.17. The first-order chi connectivity index (χ1) is 9.61. The van der Waals surface area contributed by atoms with Gasteiger partial charge in [-0.2, -0.15) is 0 Å². The Morgan fingerprint density at radius 2 is 2.15 bits per heavy atom. The molecule has 2 aromatic rings. The van der Waals surface area contributed by atoms with Crippen LogP contribution >= 0.6 is 0 Å². The van der Waals surface area contributed by atoms with Crippen LogP contribution in [-0.4, -0.2) is 22.1 Å². The Morgan fingerprint density at radius 1 is 1.35 bits per heavy atom. The number of rotatable bonds is 5. The molecule has 20 heavy (non-hydrogen) atoms. The number of aromatic nitrogens is 1. The number of carbonyl (C=O) groups excluding carboxylic acids is 1. The molecule has 6 heteroatoms. The van der Waals surface area contributed by atoms with Crippen LogP contribution in [-0.2, 0) is 11.3 Å². The summed E-state index contributed by atoms with van der Waals surface area (Å²) in [5.74, 6) is -0.400. The van der Waals surface area contributed by atoms with E-state index >= 15 is 0 Å². The van der Waals surface area contributed by atoms with Gasteiger partial charge in [0.05, 0.1) is 11.5 Å². The van der Waals surface area contributed by atoms with Crippen molar-refractivity contribution in [1.82, 2.24) is 4.57 Å². The molecule has 0 fully saturated rings. The van der Waals surface area contributed by atoms with Crippen molar-refractivity contribution in [3.05, 3.63) is 64.0 Å². The minimum Gasteiger partial charge on any atom is -0.461 e. The number of benzene rings is 1. The first-order valence-corrected chi connectivity index (χ1v) is 6.17. The Balaban J connectivity index is 2.22. The highest BCUT2D eigenvalue weighted by molar-refractivity contribution is 5.87. The molecule has 0 radical (unpaired) electrons. The molecule has 1 aromatic heterocycles. The summed E-state index contributed by atoms with van der Waals surface area (Å²) in [6, 6.07) is 9.74. The summed E-state index contributed by atoms with van der Waals surface area (Å²) in [6.07, 6.45) is 1.74. The molecule has 0 N–H and O–H groups in total. The number of esters is 1. The molecule has 0 aliphatic carbocycles. The minimum absolute atomic E-state index is 0.0346. The largest absolute Gasteiger partial charge is 0.461 e. The maximum absolute atomic E-state index is 11.7. The summed E-state index contributed by atoms with van der Waals surface area (Å²) >= 11 is 0. The van der Waals surface area contributed by atoms with Crippen LogP contribution in [0.3, 0.4) is 0 Å². The third-order valence-electron chi connectivity index (χ3n) is 2.79. The van der Waals surface area contributed by atoms with E-state index in [1.807, 2.05) is 0 Å². The van der Waals surface area contributed by atoms with E-state index in [1.165, 1.54) is 12.1 Å². The minimum atomic E-state index is -0.439. The SMILES string of the molecule is CCOC(=O)c1cccn1Cc1cccc([N+](=O)[O-])c1. The van der Waals surface area contributed by atoms with Gasteiger partial charge in [-0.05, 0) is 24.6 Å². The van der Waals surface area contributed by atoms with Crippen molar-refractivity contribution in [3.63, 3.8) is 0 Å². The molecule has 0 aliphatic heterocycles. The molecule has 2 rings (SSSR count). The third-order valence-corrected chi connectivity index (χ3v) is 2.79. The number of non-ortho nitro benzene ring substituents is 1. The molecule has 1 heterocycles. The Labute approximate surface area is 115 Å². The van der Waals surface area contributed by atoms with Crippen molar-refractivity contribution in [2.24, 2.45) is 0 Å². The molecule has 0 amide bonds. The lowest BCUT2D eigenvalue weighted by Gasteiger charge is -2.08. The Kier molecular flexibility index (Phi) is 4.14. The van der Waals surface area contributed by atoms with Gasteiger partial charge in [0.1, 0.15) is 5.69 Å². The topological polar surface area (TPSA) is 74.4 Å². The smallest absolute Gasteiger partial charge is 0.354 e. The predicted molar refractivity (Wildman–Crippen MR) is 72.6 cm³/mol. The number of nitrogens with zero attached hydrogens (tertiary/aromatic N) is 2. The van der Waals surface area contributed by atoms with E-state index in [-0.39, 0.29) is 5.69 Å². The summed E-state index contributed by atoms with van der Waals surface area (Å²) in [5, 5.41) is 10.7. The van der Waals surface area contributed by atoms with E-state index in [2.05, 4.69) is 0 Å². The van der Waals surface area contributed by atoms with Crippen LogP contribution in [0.5, 0.6) is 0 Å². The normalized spacial score (nSPS) is 10.2. The van der Waals surface area contributed by atoms with Crippen molar-refractivity contribution in [2.45, 2.75) is 13.5 Å². The van der Waals surface area contributed by atoms with Crippen molar-refractivity contribution in [3.8, 4) is 0 Å². The van der Waals surface area contributed by atoms with Gasteiger partial charge in [-0.3, -0.25) is 10.1 Å². The first kappa shape index (κ1) is 13.8. The second-order valence-corrected chi connectivity index (χ2v) is 4.17. The maximum Gasteiger partial charge on any atom is 0.354 e. The van der Waals surface area contributed by atoms with E-state index in [1.54, 1.807) is 42.0 Å². The molecule has 0 saturated carbocycles. The molecule has 0 atom stereocenters. The zero-order chi connectivity index (χ0) is 14.5. The summed E-state index contributed by atoms with van der Waals surface area (Å²) < 4.78 is 6.66. The van der Waals surface area contributed by atoms with Crippen LogP contribution in [0.25, 0.3) is 0 Å². The number of hydrogen-bond donors (Lipinski definition) is 0. The van der Waals surface area contributed by atoms with Gasteiger partial charge in [0.25, 0.3) is 5.69 Å². The summed E-state index contributed by atoms with van der Waals surface area (Å²) in [5.41, 5.74) is 1.21. The monoisotopic (exact) mass is 274 g/mol. The quantitative estimate of drug-likeness (QED) is 0.477. The van der Waals surface area contributed by atoms with Crippen LogP contribution in [0.15, 0.2) is 42.6 Å². The fourth-order valence-corrected chi connectivity index (χ4v) is 1.91. The number of carbonyl (C=O) groups is 1. The Morgan fingerprint density at radius 3 is 2.85 bits per heavy atom. The molecular weight excluding hydrogens is 260 g/mol. The fraction of sp³-hybridized carbons (Fsp3) is 0.214. The maximum atomic E-state index is 11.7. The average molecular weight is 274 g/mol. The van der Waals surface area contributed by atoms with Gasteiger partial charge >= 0.3 is 5.97 Å². The van der Waals surface area contributed by atoms with Crippen molar-refractivity contribution in [2.75, 3.05) is 6.61 Å². The highest BCUT2D eigenvalue weighted by Gasteiger charge is 2.13. The fourth-order valence-electron chi connectivity index (χ4n) is 1.91. The molecule has 0 bridgehead atoms. The third kappa shape index (κ3) is 3.03. The highest BCUT2D eigenvalue weighted by atomic mass is 16.6. The van der Waals surface area contributed by atoms with E-state index < -0.39 is 10.9 Å². The average Bonchev–Trinajstić information content (AvgIpc) is 2.87. The van der Waals surface area contributed by atoms with Gasteiger partial charge in [0.2, 0.25) is 0 Å². The zero-order valence-corrected chi connectivity index (χ0v) is 11.0. The lowest BCUT2D eigenvalue weighted by Crippen LogP contribution is -2.12. The molecule has 0 unspecified atom stereocenters. The van der Waals surface area contributed by atoms with Gasteiger partial charge in [0.15, 0.2) is 0 Å². The number of nitro groups is 1. The van der Waals surface area contributed by atoms with Gasteiger partial charge in [-0.15, -0.1) is 0 Å². The lowest BCUT2D eigenvalue weighted by atomic mass is 10.2. The van der Waals surface area contributed by atoms with Crippen molar-refractivity contribution >= 4 is 11.7 Å². The highest BCUT2D eigenvalue weighted by Crippen LogP contribution is 2.15. The number of ether oxygens (including phenoxy) is 1. The summed E-state index contributed by atoms with van der Waals surface area (Å²) in [7, 11) is 0. The number of hydrogen-bond acceptors (Lipinski definition) is 4. The zero-order valence-electron chi connectivity index (χ0n) is 11.0. The second kappa shape index (κ2) is 6.01. The number of nitro benzene ring substituents is 1. The van der Waals surface area contributed by atoms with Crippen molar-refractivity contribution < 1.29 is 14.5 Å². The van der Waals surface area contributed by atoms with Crippen molar-refractivity contribution in [1.29, 1.82) is 0 Å². The molecule has 6 nitrogen and oxygen atoms in total. The Hall–Kier alpha value is -2.63. The van der Waals surface area contributed by atoms with Crippen LogP contribution in [0, 0.1) is 10.1 Å². The van der Waals surface area contributed by atoms with Gasteiger partial charge < -0.3 is 9.30 Å². The molecule has 0 aliphatic rings. The molecule has 1 aromatic carbocycles. The first-order valence-electron chi connectivity index (χ1n) is 6.17. The van der Waals surface area contributed by atoms with Gasteiger partial charge in [-0.1, -0.05) is 12.1 Å². The van der Waals surface area contributed by atoms with E-state index in [9.17, 15) is 14.9 Å². The summed E-state index contributed by atoms with van der Waals surface area (Å²) in [4.78, 5) is 22.0. The van der Waals surface area contributed by atoms with Crippen LogP contribution in [0.2, 0.25) is 0 Å².